The van der Waals surface area contributed by atoms with Gasteiger partial charge in [0.2, 0.25) is 5.91 Å². The molecule has 0 saturated carbocycles. The predicted molar refractivity (Wildman–Crippen MR) is 94.5 cm³/mol. The van der Waals surface area contributed by atoms with Crippen molar-refractivity contribution in [2.45, 2.75) is 19.9 Å². The van der Waals surface area contributed by atoms with E-state index >= 15 is 0 Å². The number of aromatic amines is 1. The van der Waals surface area contributed by atoms with Crippen molar-refractivity contribution in [3.63, 3.8) is 0 Å². The predicted octanol–water partition coefficient (Wildman–Crippen LogP) is 4.41. The maximum absolute atomic E-state index is 12.6. The number of H-pyrrole nitrogens is 1. The quantitative estimate of drug-likeness (QED) is 0.740. The zero-order valence-electron chi connectivity index (χ0n) is 13.1. The van der Waals surface area contributed by atoms with Crippen LogP contribution in [0.25, 0.3) is 10.9 Å². The van der Waals surface area contributed by atoms with Gasteiger partial charge in [0, 0.05) is 35.2 Å². The van der Waals surface area contributed by atoms with E-state index < -0.39 is 0 Å². The lowest BCUT2D eigenvalue weighted by molar-refractivity contribution is -0.130. The van der Waals surface area contributed by atoms with Crippen LogP contribution in [-0.4, -0.2) is 22.3 Å². The number of rotatable bonds is 5. The van der Waals surface area contributed by atoms with Gasteiger partial charge in [-0.2, -0.15) is 0 Å². The molecule has 0 saturated heterocycles. The monoisotopic (exact) mass is 326 g/mol. The molecule has 0 spiro atoms. The number of fused-ring (bicyclic) bond motifs is 1. The van der Waals surface area contributed by atoms with E-state index in [0.29, 0.717) is 24.5 Å². The van der Waals surface area contributed by atoms with Crippen LogP contribution in [0.5, 0.6) is 0 Å². The second-order valence-corrected chi connectivity index (χ2v) is 6.01. The molecule has 2 aromatic carbocycles. The molecule has 3 nitrogen and oxygen atoms in total. The minimum atomic E-state index is 0.132. The average molecular weight is 327 g/mol. The highest BCUT2D eigenvalue weighted by Gasteiger charge is 2.15. The molecular weight excluding hydrogens is 308 g/mol. The van der Waals surface area contributed by atoms with Gasteiger partial charge in [-0.3, -0.25) is 4.79 Å². The molecule has 0 unspecified atom stereocenters. The first-order chi connectivity index (χ1) is 11.2. The first kappa shape index (κ1) is 15.6. The fourth-order valence-electron chi connectivity index (χ4n) is 2.76. The molecule has 4 heteroatoms. The third kappa shape index (κ3) is 3.57. The van der Waals surface area contributed by atoms with Gasteiger partial charge >= 0.3 is 0 Å². The molecule has 1 amide bonds. The Labute approximate surface area is 140 Å². The van der Waals surface area contributed by atoms with Crippen LogP contribution >= 0.6 is 11.6 Å². The van der Waals surface area contributed by atoms with Crippen LogP contribution in [0.3, 0.4) is 0 Å². The van der Waals surface area contributed by atoms with E-state index in [1.54, 1.807) is 0 Å². The van der Waals surface area contributed by atoms with Gasteiger partial charge < -0.3 is 9.88 Å². The lowest BCUT2D eigenvalue weighted by Crippen LogP contribution is -2.31. The molecule has 3 aromatic rings. The highest BCUT2D eigenvalue weighted by Crippen LogP contribution is 2.23. The van der Waals surface area contributed by atoms with Crippen LogP contribution in [0.15, 0.2) is 54.7 Å². The van der Waals surface area contributed by atoms with Gasteiger partial charge in [-0.05, 0) is 30.2 Å². The first-order valence-corrected chi connectivity index (χ1v) is 8.12. The van der Waals surface area contributed by atoms with Crippen molar-refractivity contribution in [1.82, 2.24) is 9.88 Å². The standard InChI is InChI=1S/C19H19ClN2O/c1-2-22(13-14-6-4-3-5-7-14)19(23)10-15-12-21-18-11-16(20)8-9-17(15)18/h3-9,11-12,21H,2,10,13H2,1H3. The number of carbonyl (C=O) groups excluding carboxylic acids is 1. The summed E-state index contributed by atoms with van der Waals surface area (Å²) in [6, 6.07) is 15.8. The van der Waals surface area contributed by atoms with Crippen molar-refractivity contribution >= 4 is 28.4 Å². The fourth-order valence-corrected chi connectivity index (χ4v) is 2.93. The van der Waals surface area contributed by atoms with Crippen molar-refractivity contribution in [2.75, 3.05) is 6.54 Å². The van der Waals surface area contributed by atoms with E-state index in [-0.39, 0.29) is 5.91 Å². The Balaban J connectivity index is 1.76. The number of nitrogens with zero attached hydrogens (tertiary/aromatic N) is 1. The van der Waals surface area contributed by atoms with Crippen molar-refractivity contribution in [1.29, 1.82) is 0 Å². The molecule has 1 N–H and O–H groups in total. The Hall–Kier alpha value is -2.26. The zero-order valence-corrected chi connectivity index (χ0v) is 13.8. The van der Waals surface area contributed by atoms with Crippen molar-refractivity contribution in [2.24, 2.45) is 0 Å². The van der Waals surface area contributed by atoms with Gasteiger partial charge in [0.15, 0.2) is 0 Å². The first-order valence-electron chi connectivity index (χ1n) is 7.74. The number of hydrogen-bond acceptors (Lipinski definition) is 1. The number of aromatic nitrogens is 1. The van der Waals surface area contributed by atoms with E-state index in [1.165, 1.54) is 0 Å². The van der Waals surface area contributed by atoms with Crippen LogP contribution in [0.4, 0.5) is 0 Å². The Morgan fingerprint density at radius 2 is 1.96 bits per heavy atom. The van der Waals surface area contributed by atoms with Gasteiger partial charge in [-0.15, -0.1) is 0 Å². The second kappa shape index (κ2) is 6.88. The molecule has 0 aliphatic rings. The highest BCUT2D eigenvalue weighted by atomic mass is 35.5. The van der Waals surface area contributed by atoms with Crippen molar-refractivity contribution in [3.05, 3.63) is 70.9 Å². The summed E-state index contributed by atoms with van der Waals surface area (Å²) in [5.74, 6) is 0.132. The summed E-state index contributed by atoms with van der Waals surface area (Å²) in [4.78, 5) is 17.7. The van der Waals surface area contributed by atoms with Gasteiger partial charge in [-0.25, -0.2) is 0 Å². The number of amides is 1. The molecule has 3 rings (SSSR count). The summed E-state index contributed by atoms with van der Waals surface area (Å²) in [7, 11) is 0. The Morgan fingerprint density at radius 3 is 2.70 bits per heavy atom. The van der Waals surface area contributed by atoms with Gasteiger partial charge in [0.1, 0.15) is 0 Å². The molecule has 23 heavy (non-hydrogen) atoms. The van der Waals surface area contributed by atoms with Crippen molar-refractivity contribution < 1.29 is 4.79 Å². The Bertz CT molecular complexity index is 811. The summed E-state index contributed by atoms with van der Waals surface area (Å²) in [5.41, 5.74) is 3.12. The number of hydrogen-bond donors (Lipinski definition) is 1. The number of carbonyl (C=O) groups is 1. The summed E-state index contributed by atoms with van der Waals surface area (Å²) >= 11 is 6.00. The number of benzene rings is 2. The van der Waals surface area contributed by atoms with Crippen LogP contribution in [0.1, 0.15) is 18.1 Å². The third-order valence-electron chi connectivity index (χ3n) is 4.02. The molecule has 118 valence electrons. The normalized spacial score (nSPS) is 10.9. The average Bonchev–Trinajstić information content (AvgIpc) is 2.95. The molecule has 0 bridgehead atoms. The van der Waals surface area contributed by atoms with Gasteiger partial charge in [0.25, 0.3) is 0 Å². The third-order valence-corrected chi connectivity index (χ3v) is 4.26. The maximum Gasteiger partial charge on any atom is 0.227 e. The van der Waals surface area contributed by atoms with E-state index in [9.17, 15) is 4.79 Å². The molecule has 0 atom stereocenters. The van der Waals surface area contributed by atoms with Crippen LogP contribution in [0, 0.1) is 0 Å². The van der Waals surface area contributed by atoms with Gasteiger partial charge in [-0.1, -0.05) is 48.0 Å². The van der Waals surface area contributed by atoms with E-state index in [0.717, 1.165) is 22.0 Å². The summed E-state index contributed by atoms with van der Waals surface area (Å²) in [6.45, 7) is 3.35. The number of likely N-dealkylation sites (N-methyl/N-ethyl adjacent to an activating group) is 1. The molecule has 0 aliphatic carbocycles. The highest BCUT2D eigenvalue weighted by molar-refractivity contribution is 6.31. The number of nitrogens with one attached hydrogen (secondary N) is 1. The number of halogens is 1. The van der Waals surface area contributed by atoms with Crippen LogP contribution in [0.2, 0.25) is 5.02 Å². The van der Waals surface area contributed by atoms with Crippen LogP contribution in [-0.2, 0) is 17.8 Å². The minimum Gasteiger partial charge on any atom is -0.361 e. The van der Waals surface area contributed by atoms with Gasteiger partial charge in [0.05, 0.1) is 6.42 Å². The molecule has 0 aliphatic heterocycles. The Kier molecular flexibility index (Phi) is 4.68. The zero-order chi connectivity index (χ0) is 16.2. The van der Waals surface area contributed by atoms with Crippen LogP contribution < -0.4 is 0 Å². The van der Waals surface area contributed by atoms with E-state index in [4.69, 9.17) is 11.6 Å². The summed E-state index contributed by atoms with van der Waals surface area (Å²) in [6.07, 6.45) is 2.29. The summed E-state index contributed by atoms with van der Waals surface area (Å²) in [5, 5.41) is 1.75. The Morgan fingerprint density at radius 1 is 1.17 bits per heavy atom. The van der Waals surface area contributed by atoms with Crippen molar-refractivity contribution in [3.8, 4) is 0 Å². The molecule has 0 radical (unpaired) electrons. The smallest absolute Gasteiger partial charge is 0.227 e. The summed E-state index contributed by atoms with van der Waals surface area (Å²) < 4.78 is 0. The largest absolute Gasteiger partial charge is 0.361 e. The minimum absolute atomic E-state index is 0.132. The second-order valence-electron chi connectivity index (χ2n) is 5.57. The SMILES string of the molecule is CCN(Cc1ccccc1)C(=O)Cc1c[nH]c2cc(Cl)ccc12. The van der Waals surface area contributed by atoms with E-state index in [1.807, 2.05) is 66.6 Å². The molecule has 1 heterocycles. The molecular formula is C19H19ClN2O. The maximum atomic E-state index is 12.6. The molecule has 0 fully saturated rings. The lowest BCUT2D eigenvalue weighted by atomic mass is 10.1. The topological polar surface area (TPSA) is 36.1 Å². The fraction of sp³-hybridized carbons (Fsp3) is 0.211. The lowest BCUT2D eigenvalue weighted by Gasteiger charge is -2.21. The molecule has 1 aromatic heterocycles. The van der Waals surface area contributed by atoms with E-state index in [2.05, 4.69) is 4.98 Å².